The second-order valence-electron chi connectivity index (χ2n) is 3.08. The molecule has 1 N–H and O–H groups in total. The summed E-state index contributed by atoms with van der Waals surface area (Å²) in [7, 11) is 0. The number of alkyl halides is 3. The maximum atomic E-state index is 12.5. The predicted molar refractivity (Wildman–Crippen MR) is 47.8 cm³/mol. The SMILES string of the molecule is CC(=O)c1c(C#N)cc(O)cc1C(F)(F)F. The van der Waals surface area contributed by atoms with Gasteiger partial charge in [-0.15, -0.1) is 0 Å². The van der Waals surface area contributed by atoms with Gasteiger partial charge in [0.1, 0.15) is 11.8 Å². The number of Topliss-reactive ketones (excluding diaryl/α,β-unsaturated/α-hetero) is 1. The van der Waals surface area contributed by atoms with Gasteiger partial charge in [0.2, 0.25) is 0 Å². The van der Waals surface area contributed by atoms with Crippen LogP contribution in [-0.2, 0) is 6.18 Å². The third-order valence-corrected chi connectivity index (χ3v) is 1.90. The normalized spacial score (nSPS) is 10.9. The van der Waals surface area contributed by atoms with Crippen LogP contribution in [0.3, 0.4) is 0 Å². The van der Waals surface area contributed by atoms with Crippen molar-refractivity contribution < 1.29 is 23.1 Å². The van der Waals surface area contributed by atoms with Crippen molar-refractivity contribution in [2.75, 3.05) is 0 Å². The largest absolute Gasteiger partial charge is 0.508 e. The van der Waals surface area contributed by atoms with E-state index in [1.54, 1.807) is 0 Å². The fourth-order valence-electron chi connectivity index (χ4n) is 1.32. The lowest BCUT2D eigenvalue weighted by atomic mass is 9.97. The molecule has 0 saturated carbocycles. The highest BCUT2D eigenvalue weighted by atomic mass is 19.4. The Morgan fingerprint density at radius 1 is 1.44 bits per heavy atom. The molecular weight excluding hydrogens is 223 g/mol. The zero-order chi connectivity index (χ0) is 12.5. The third kappa shape index (κ3) is 2.14. The molecule has 0 unspecified atom stereocenters. The summed E-state index contributed by atoms with van der Waals surface area (Å²) in [5.41, 5.74) is -2.50. The molecule has 6 heteroatoms. The van der Waals surface area contributed by atoms with Gasteiger partial charge in [0.05, 0.1) is 11.1 Å². The Hall–Kier alpha value is -2.03. The minimum Gasteiger partial charge on any atom is -0.508 e. The standard InChI is InChI=1S/C10H6F3NO2/c1-5(15)9-6(4-14)2-7(16)3-8(9)10(11,12)13/h2-3,16H,1H3. The smallest absolute Gasteiger partial charge is 0.417 e. The van der Waals surface area contributed by atoms with Crippen LogP contribution in [0.1, 0.15) is 28.4 Å². The van der Waals surface area contributed by atoms with Gasteiger partial charge in [-0.25, -0.2) is 0 Å². The summed E-state index contributed by atoms with van der Waals surface area (Å²) in [4.78, 5) is 11.1. The van der Waals surface area contributed by atoms with Gasteiger partial charge < -0.3 is 5.11 Å². The Morgan fingerprint density at radius 2 is 2.00 bits per heavy atom. The van der Waals surface area contributed by atoms with Crippen molar-refractivity contribution in [1.82, 2.24) is 0 Å². The van der Waals surface area contributed by atoms with E-state index in [1.165, 1.54) is 6.07 Å². The molecule has 0 amide bonds. The van der Waals surface area contributed by atoms with E-state index in [9.17, 15) is 18.0 Å². The summed E-state index contributed by atoms with van der Waals surface area (Å²) < 4.78 is 37.6. The highest BCUT2D eigenvalue weighted by Gasteiger charge is 2.36. The number of nitriles is 1. The van der Waals surface area contributed by atoms with E-state index >= 15 is 0 Å². The average Bonchev–Trinajstić information content (AvgIpc) is 2.14. The van der Waals surface area contributed by atoms with Gasteiger partial charge in [-0.1, -0.05) is 0 Å². The van der Waals surface area contributed by atoms with Crippen molar-refractivity contribution in [2.24, 2.45) is 0 Å². The van der Waals surface area contributed by atoms with Crippen molar-refractivity contribution in [3.63, 3.8) is 0 Å². The van der Waals surface area contributed by atoms with E-state index in [0.29, 0.717) is 6.07 Å². The Morgan fingerprint density at radius 3 is 2.38 bits per heavy atom. The molecule has 3 nitrogen and oxygen atoms in total. The zero-order valence-electron chi connectivity index (χ0n) is 8.09. The Kier molecular flexibility index (Phi) is 2.90. The molecule has 0 aliphatic carbocycles. The number of phenols is 1. The Balaban J connectivity index is 3.66. The number of hydrogen-bond donors (Lipinski definition) is 1. The van der Waals surface area contributed by atoms with Crippen LogP contribution in [0, 0.1) is 11.3 Å². The van der Waals surface area contributed by atoms with Crippen LogP contribution in [0.15, 0.2) is 12.1 Å². The van der Waals surface area contributed by atoms with Crippen LogP contribution in [-0.4, -0.2) is 10.9 Å². The minimum atomic E-state index is -4.79. The monoisotopic (exact) mass is 229 g/mol. The van der Waals surface area contributed by atoms with Gasteiger partial charge in [-0.2, -0.15) is 18.4 Å². The fraction of sp³-hybridized carbons (Fsp3) is 0.200. The molecule has 0 atom stereocenters. The van der Waals surface area contributed by atoms with Crippen molar-refractivity contribution >= 4 is 5.78 Å². The molecule has 84 valence electrons. The molecule has 0 bridgehead atoms. The molecular formula is C10H6F3NO2. The maximum Gasteiger partial charge on any atom is 0.417 e. The van der Waals surface area contributed by atoms with E-state index in [0.717, 1.165) is 13.0 Å². The number of ketones is 1. The number of halogens is 3. The minimum absolute atomic E-state index is 0.428. The number of benzene rings is 1. The maximum absolute atomic E-state index is 12.5. The zero-order valence-corrected chi connectivity index (χ0v) is 8.09. The quantitative estimate of drug-likeness (QED) is 0.752. The van der Waals surface area contributed by atoms with Crippen molar-refractivity contribution in [3.8, 4) is 11.8 Å². The van der Waals surface area contributed by atoms with Gasteiger partial charge in [0, 0.05) is 5.56 Å². The van der Waals surface area contributed by atoms with Gasteiger partial charge in [0.25, 0.3) is 0 Å². The first-order valence-electron chi connectivity index (χ1n) is 4.12. The van der Waals surface area contributed by atoms with E-state index < -0.39 is 34.4 Å². The molecule has 0 aromatic heterocycles. The summed E-state index contributed by atoms with van der Waals surface area (Å²) in [6, 6.07) is 2.70. The molecule has 0 aliphatic rings. The number of carbonyl (C=O) groups excluding carboxylic acids is 1. The van der Waals surface area contributed by atoms with Crippen LogP contribution in [0.4, 0.5) is 13.2 Å². The summed E-state index contributed by atoms with van der Waals surface area (Å²) in [6.45, 7) is 0.933. The second kappa shape index (κ2) is 3.85. The van der Waals surface area contributed by atoms with Gasteiger partial charge in [-0.05, 0) is 19.1 Å². The van der Waals surface area contributed by atoms with E-state index in [1.807, 2.05) is 0 Å². The molecule has 0 spiro atoms. The molecule has 0 radical (unpaired) electrons. The van der Waals surface area contributed by atoms with Crippen molar-refractivity contribution in [3.05, 3.63) is 28.8 Å². The van der Waals surface area contributed by atoms with E-state index in [-0.39, 0.29) is 0 Å². The first-order chi connectivity index (χ1) is 7.27. The van der Waals surface area contributed by atoms with Crippen LogP contribution in [0.25, 0.3) is 0 Å². The lowest BCUT2D eigenvalue weighted by molar-refractivity contribution is -0.138. The summed E-state index contributed by atoms with van der Waals surface area (Å²) in [6.07, 6.45) is -4.79. The van der Waals surface area contributed by atoms with Crippen LogP contribution in [0.2, 0.25) is 0 Å². The molecule has 16 heavy (non-hydrogen) atoms. The molecule has 1 aromatic rings. The van der Waals surface area contributed by atoms with Gasteiger partial charge >= 0.3 is 6.18 Å². The third-order valence-electron chi connectivity index (χ3n) is 1.90. The number of nitrogens with zero attached hydrogens (tertiary/aromatic N) is 1. The van der Waals surface area contributed by atoms with Gasteiger partial charge in [-0.3, -0.25) is 4.79 Å². The molecule has 1 rings (SSSR count). The number of rotatable bonds is 1. The topological polar surface area (TPSA) is 61.1 Å². The number of carbonyl (C=O) groups is 1. The number of hydrogen-bond acceptors (Lipinski definition) is 3. The first-order valence-corrected chi connectivity index (χ1v) is 4.12. The Bertz CT molecular complexity index is 486. The first kappa shape index (κ1) is 12.0. The van der Waals surface area contributed by atoms with Crippen molar-refractivity contribution in [1.29, 1.82) is 5.26 Å². The molecule has 1 aromatic carbocycles. The lowest BCUT2D eigenvalue weighted by Gasteiger charge is -2.12. The van der Waals surface area contributed by atoms with Crippen LogP contribution >= 0.6 is 0 Å². The Labute approximate surface area is 88.7 Å². The van der Waals surface area contributed by atoms with Crippen LogP contribution in [0.5, 0.6) is 5.75 Å². The van der Waals surface area contributed by atoms with E-state index in [4.69, 9.17) is 10.4 Å². The van der Waals surface area contributed by atoms with E-state index in [2.05, 4.69) is 0 Å². The summed E-state index contributed by atoms with van der Waals surface area (Å²) in [5.74, 6) is -1.57. The molecule has 0 aliphatic heterocycles. The van der Waals surface area contributed by atoms with Crippen LogP contribution < -0.4 is 0 Å². The number of phenolic OH excluding ortho intramolecular Hbond substituents is 1. The van der Waals surface area contributed by atoms with Gasteiger partial charge in [0.15, 0.2) is 5.78 Å². The fourth-order valence-corrected chi connectivity index (χ4v) is 1.32. The summed E-state index contributed by atoms with van der Waals surface area (Å²) in [5, 5.41) is 17.6. The van der Waals surface area contributed by atoms with Crippen molar-refractivity contribution in [2.45, 2.75) is 13.1 Å². The second-order valence-corrected chi connectivity index (χ2v) is 3.08. The highest BCUT2D eigenvalue weighted by Crippen LogP contribution is 2.36. The molecule has 0 heterocycles. The predicted octanol–water partition coefficient (Wildman–Crippen LogP) is 2.49. The highest BCUT2D eigenvalue weighted by molar-refractivity contribution is 5.98. The molecule has 0 saturated heterocycles. The average molecular weight is 229 g/mol. The number of aromatic hydroxyl groups is 1. The lowest BCUT2D eigenvalue weighted by Crippen LogP contribution is -2.13. The summed E-state index contributed by atoms with van der Waals surface area (Å²) >= 11 is 0. The molecule has 0 fully saturated rings.